The molecular weight excluding hydrogens is 574 g/mol. The topological polar surface area (TPSA) is 91.9 Å². The van der Waals surface area contributed by atoms with Gasteiger partial charge in [0.05, 0.1) is 23.0 Å². The van der Waals surface area contributed by atoms with Gasteiger partial charge >= 0.3 is 12.4 Å². The number of hydrazone groups is 1. The number of nitrogens with two attached hydrogens (primary N) is 2. The van der Waals surface area contributed by atoms with E-state index in [4.69, 9.17) is 16.6 Å². The summed E-state index contributed by atoms with van der Waals surface area (Å²) in [5.74, 6) is 6.64. The average Bonchev–Trinajstić information content (AvgIpc) is 3.65. The maximum Gasteiger partial charge on any atom is 0.416 e. The van der Waals surface area contributed by atoms with Crippen LogP contribution in [-0.4, -0.2) is 45.7 Å². The van der Waals surface area contributed by atoms with Crippen molar-refractivity contribution < 1.29 is 26.3 Å². The molecule has 0 saturated heterocycles. The SMILES string of the molecule is CCN(CC1CCCC1)c1ncc(-n2cccc2)cc1CN(Cc1cc(C(F)(F)F)cc(C(F)(F)F)c1)/C(N)=N/N(C)N. The number of anilines is 1. The first-order valence-electron chi connectivity index (χ1n) is 14.0. The Morgan fingerprint density at radius 2 is 1.58 bits per heavy atom. The monoisotopic (exact) mass is 610 g/mol. The lowest BCUT2D eigenvalue weighted by molar-refractivity contribution is -0.143. The highest BCUT2D eigenvalue weighted by molar-refractivity contribution is 5.78. The van der Waals surface area contributed by atoms with Crippen LogP contribution < -0.4 is 16.5 Å². The fourth-order valence-corrected chi connectivity index (χ4v) is 5.39. The van der Waals surface area contributed by atoms with Gasteiger partial charge in [-0.3, -0.25) is 0 Å². The second-order valence-corrected chi connectivity index (χ2v) is 10.8. The summed E-state index contributed by atoms with van der Waals surface area (Å²) < 4.78 is 83.5. The van der Waals surface area contributed by atoms with Crippen molar-refractivity contribution in [1.82, 2.24) is 19.6 Å². The molecule has 0 aliphatic heterocycles. The molecule has 1 aliphatic rings. The van der Waals surface area contributed by atoms with Gasteiger partial charge in [-0.05, 0) is 67.6 Å². The largest absolute Gasteiger partial charge is 0.416 e. The summed E-state index contributed by atoms with van der Waals surface area (Å²) in [6.07, 6.45) is -0.00169. The summed E-state index contributed by atoms with van der Waals surface area (Å²) in [4.78, 5) is 8.33. The molecule has 234 valence electrons. The Morgan fingerprint density at radius 1 is 0.977 bits per heavy atom. The van der Waals surface area contributed by atoms with Gasteiger partial charge in [0.25, 0.3) is 0 Å². The number of benzene rings is 1. The molecule has 0 unspecified atom stereocenters. The van der Waals surface area contributed by atoms with Crippen molar-refractivity contribution in [3.8, 4) is 5.69 Å². The first-order chi connectivity index (χ1) is 20.2. The van der Waals surface area contributed by atoms with Crippen molar-refractivity contribution in [3.05, 3.63) is 77.2 Å². The van der Waals surface area contributed by atoms with Gasteiger partial charge in [-0.25, -0.2) is 15.9 Å². The second-order valence-electron chi connectivity index (χ2n) is 10.8. The molecule has 1 aliphatic carbocycles. The highest BCUT2D eigenvalue weighted by Gasteiger charge is 2.37. The van der Waals surface area contributed by atoms with E-state index in [-0.39, 0.29) is 24.1 Å². The summed E-state index contributed by atoms with van der Waals surface area (Å²) in [7, 11) is 1.40. The smallest absolute Gasteiger partial charge is 0.368 e. The van der Waals surface area contributed by atoms with E-state index in [1.165, 1.54) is 24.8 Å². The van der Waals surface area contributed by atoms with E-state index in [2.05, 4.69) is 10.0 Å². The normalized spacial score (nSPS) is 14.8. The number of pyridine rings is 1. The number of alkyl halides is 6. The highest BCUT2D eigenvalue weighted by Crippen LogP contribution is 2.37. The van der Waals surface area contributed by atoms with Crippen molar-refractivity contribution >= 4 is 11.8 Å². The molecule has 1 aromatic carbocycles. The lowest BCUT2D eigenvalue weighted by atomic mass is 10.0. The maximum absolute atomic E-state index is 13.6. The van der Waals surface area contributed by atoms with E-state index in [1.54, 1.807) is 6.20 Å². The molecule has 2 heterocycles. The van der Waals surface area contributed by atoms with Gasteiger partial charge in [0.2, 0.25) is 5.96 Å². The van der Waals surface area contributed by atoms with E-state index in [9.17, 15) is 26.3 Å². The number of hydrogen-bond acceptors (Lipinski definition) is 5. The first-order valence-corrected chi connectivity index (χ1v) is 14.0. The molecular formula is C29H36F6N8. The van der Waals surface area contributed by atoms with Gasteiger partial charge in [-0.15, -0.1) is 5.10 Å². The molecule has 0 atom stereocenters. The third-order valence-electron chi connectivity index (χ3n) is 7.43. The van der Waals surface area contributed by atoms with Gasteiger partial charge in [0.15, 0.2) is 0 Å². The van der Waals surface area contributed by atoms with Crippen LogP contribution >= 0.6 is 0 Å². The van der Waals surface area contributed by atoms with Crippen LogP contribution in [0.5, 0.6) is 0 Å². The van der Waals surface area contributed by atoms with Gasteiger partial charge in [0, 0.05) is 51.2 Å². The minimum absolute atomic E-state index is 0.0145. The number of guanidine groups is 1. The van der Waals surface area contributed by atoms with Gasteiger partial charge in [0.1, 0.15) is 5.82 Å². The Bertz CT molecular complexity index is 1350. The molecule has 2 aromatic heterocycles. The Morgan fingerprint density at radius 3 is 2.12 bits per heavy atom. The predicted molar refractivity (Wildman–Crippen MR) is 153 cm³/mol. The van der Waals surface area contributed by atoms with Crippen LogP contribution in [0.15, 0.2) is 60.1 Å². The molecule has 0 bridgehead atoms. The minimum atomic E-state index is -4.98. The molecule has 3 aromatic rings. The molecule has 0 amide bonds. The van der Waals surface area contributed by atoms with Crippen LogP contribution in [0.25, 0.3) is 5.69 Å². The number of aromatic nitrogens is 2. The highest BCUT2D eigenvalue weighted by atomic mass is 19.4. The van der Waals surface area contributed by atoms with E-state index in [0.717, 1.165) is 30.2 Å². The fraction of sp³-hybridized carbons (Fsp3) is 0.448. The predicted octanol–water partition coefficient (Wildman–Crippen LogP) is 5.96. The lowest BCUT2D eigenvalue weighted by Crippen LogP contribution is -2.40. The molecule has 1 fully saturated rings. The standard InChI is InChI=1S/C29H36F6N8/c1-3-41(17-20-8-4-5-9-20)26-22(14-25(16-38-26)42-10-6-7-11-42)19-43(27(36)39-40(2)37)18-21-12-23(28(30,31)32)15-24(13-21)29(33,34)35/h6-7,10-16,20H,3-5,8-9,17-19,37H2,1-2H3,(H2,36,39). The second kappa shape index (κ2) is 13.1. The first kappa shape index (κ1) is 32.0. The molecule has 1 saturated carbocycles. The zero-order valence-electron chi connectivity index (χ0n) is 24.0. The summed E-state index contributed by atoms with van der Waals surface area (Å²) in [6, 6.07) is 7.08. The van der Waals surface area contributed by atoms with Crippen molar-refractivity contribution in [3.63, 3.8) is 0 Å². The number of rotatable bonds is 10. The molecule has 4 rings (SSSR count). The zero-order chi connectivity index (χ0) is 31.4. The van der Waals surface area contributed by atoms with Gasteiger partial charge in [-0.2, -0.15) is 26.3 Å². The minimum Gasteiger partial charge on any atom is -0.368 e. The third kappa shape index (κ3) is 8.33. The Balaban J connectivity index is 1.78. The molecule has 14 heteroatoms. The van der Waals surface area contributed by atoms with Crippen molar-refractivity contribution in [1.29, 1.82) is 0 Å². The van der Waals surface area contributed by atoms with Crippen LogP contribution in [0.1, 0.15) is 54.9 Å². The van der Waals surface area contributed by atoms with Crippen LogP contribution in [0.3, 0.4) is 0 Å². The van der Waals surface area contributed by atoms with E-state index in [1.807, 2.05) is 42.1 Å². The van der Waals surface area contributed by atoms with Crippen molar-refractivity contribution in [2.45, 2.75) is 58.0 Å². The quantitative estimate of drug-likeness (QED) is 0.0968. The Labute approximate surface area is 246 Å². The van der Waals surface area contributed by atoms with Crippen LogP contribution in [0, 0.1) is 5.92 Å². The number of hydrazine groups is 1. The third-order valence-corrected chi connectivity index (χ3v) is 7.43. The summed E-state index contributed by atoms with van der Waals surface area (Å²) >= 11 is 0. The summed E-state index contributed by atoms with van der Waals surface area (Å²) in [5, 5.41) is 4.93. The van der Waals surface area contributed by atoms with Crippen LogP contribution in [0.4, 0.5) is 32.2 Å². The molecule has 0 radical (unpaired) electrons. The van der Waals surface area contributed by atoms with E-state index in [0.29, 0.717) is 36.0 Å². The van der Waals surface area contributed by atoms with E-state index >= 15 is 0 Å². The molecule has 4 N–H and O–H groups in total. The maximum atomic E-state index is 13.6. The Kier molecular flexibility index (Phi) is 9.78. The number of hydrogen-bond donors (Lipinski definition) is 2. The van der Waals surface area contributed by atoms with Gasteiger partial charge < -0.3 is 20.1 Å². The van der Waals surface area contributed by atoms with Crippen molar-refractivity contribution in [2.75, 3.05) is 25.0 Å². The molecule has 8 nitrogen and oxygen atoms in total. The average molecular weight is 611 g/mol. The summed E-state index contributed by atoms with van der Waals surface area (Å²) in [6.45, 7) is 3.02. The number of nitrogens with zero attached hydrogens (tertiary/aromatic N) is 6. The number of halogens is 6. The lowest BCUT2D eigenvalue weighted by Gasteiger charge is -2.30. The fourth-order valence-electron chi connectivity index (χ4n) is 5.39. The molecule has 0 spiro atoms. The van der Waals surface area contributed by atoms with E-state index < -0.39 is 30.0 Å². The Hall–Kier alpha value is -3.94. The molecule has 43 heavy (non-hydrogen) atoms. The van der Waals surface area contributed by atoms with Crippen LogP contribution in [-0.2, 0) is 25.4 Å². The van der Waals surface area contributed by atoms with Crippen molar-refractivity contribution in [2.24, 2.45) is 22.6 Å². The van der Waals surface area contributed by atoms with Crippen LogP contribution in [0.2, 0.25) is 0 Å². The van der Waals surface area contributed by atoms with Gasteiger partial charge in [-0.1, -0.05) is 12.8 Å². The zero-order valence-corrected chi connectivity index (χ0v) is 24.0. The summed E-state index contributed by atoms with van der Waals surface area (Å²) in [5.41, 5.74) is 4.60.